The first kappa shape index (κ1) is 22.6. The molecule has 0 aromatic heterocycles. The van der Waals surface area contributed by atoms with Crippen molar-refractivity contribution in [2.75, 3.05) is 21.3 Å². The molecule has 0 atom stereocenters. The molecule has 1 aliphatic heterocycles. The van der Waals surface area contributed by atoms with Gasteiger partial charge in [-0.25, -0.2) is 0 Å². The first-order valence-electron chi connectivity index (χ1n) is 10.2. The number of hydrogen-bond donors (Lipinski definition) is 0. The highest BCUT2D eigenvalue weighted by Gasteiger charge is 2.31. The van der Waals surface area contributed by atoms with Crippen LogP contribution >= 0.6 is 11.6 Å². The first-order valence-corrected chi connectivity index (χ1v) is 10.6. The summed E-state index contributed by atoms with van der Waals surface area (Å²) in [6.45, 7) is 2.16. The number of methoxy groups -OCH3 is 3. The number of benzene rings is 3. The van der Waals surface area contributed by atoms with E-state index in [-0.39, 0.29) is 11.5 Å². The molecule has 4 rings (SSSR count). The molecule has 0 amide bonds. The first-order chi connectivity index (χ1) is 16.0. The third-order valence-electron chi connectivity index (χ3n) is 5.40. The average molecular weight is 467 g/mol. The maximum atomic E-state index is 13.0. The van der Waals surface area contributed by atoms with Crippen molar-refractivity contribution in [1.29, 1.82) is 0 Å². The lowest BCUT2D eigenvalue weighted by molar-refractivity contribution is 0.101. The van der Waals surface area contributed by atoms with Gasteiger partial charge in [0.2, 0.25) is 11.5 Å². The monoisotopic (exact) mass is 466 g/mol. The van der Waals surface area contributed by atoms with Gasteiger partial charge in [0.25, 0.3) is 0 Å². The lowest BCUT2D eigenvalue weighted by Crippen LogP contribution is -2.00. The maximum absolute atomic E-state index is 13.0. The molecule has 1 aliphatic rings. The molecule has 0 N–H and O–H groups in total. The van der Waals surface area contributed by atoms with Crippen LogP contribution in [0.1, 0.15) is 27.0 Å². The number of halogens is 1. The number of carbonyl (C=O) groups is 1. The Morgan fingerprint density at radius 1 is 0.909 bits per heavy atom. The molecule has 0 fully saturated rings. The van der Waals surface area contributed by atoms with Crippen LogP contribution in [-0.4, -0.2) is 27.1 Å². The molecule has 1 heterocycles. The lowest BCUT2D eigenvalue weighted by Gasteiger charge is -2.14. The zero-order valence-corrected chi connectivity index (χ0v) is 19.5. The molecule has 0 unspecified atom stereocenters. The van der Waals surface area contributed by atoms with Crippen LogP contribution in [-0.2, 0) is 6.61 Å². The molecule has 33 heavy (non-hydrogen) atoms. The highest BCUT2D eigenvalue weighted by molar-refractivity contribution is 6.31. The Labute approximate surface area is 197 Å². The minimum Gasteiger partial charge on any atom is -0.493 e. The summed E-state index contributed by atoms with van der Waals surface area (Å²) >= 11 is 6.22. The van der Waals surface area contributed by atoms with Gasteiger partial charge >= 0.3 is 0 Å². The van der Waals surface area contributed by atoms with Crippen LogP contribution in [0, 0.1) is 6.92 Å². The molecule has 3 aromatic rings. The number of Topliss-reactive ketones (excluding diaryl/α,β-unsaturated/α-hetero) is 1. The van der Waals surface area contributed by atoms with Gasteiger partial charge in [0, 0.05) is 21.7 Å². The Hall–Kier alpha value is -3.64. The van der Waals surface area contributed by atoms with E-state index in [0.717, 1.165) is 11.1 Å². The van der Waals surface area contributed by atoms with E-state index in [0.29, 0.717) is 51.5 Å². The van der Waals surface area contributed by atoms with E-state index < -0.39 is 0 Å². The Balaban J connectivity index is 1.63. The van der Waals surface area contributed by atoms with Crippen molar-refractivity contribution in [3.8, 4) is 28.7 Å². The van der Waals surface area contributed by atoms with E-state index in [9.17, 15) is 4.79 Å². The highest BCUT2D eigenvalue weighted by atomic mass is 35.5. The minimum absolute atomic E-state index is 0.182. The third kappa shape index (κ3) is 4.22. The molecule has 0 spiro atoms. The molecule has 170 valence electrons. The third-order valence-corrected chi connectivity index (χ3v) is 5.77. The predicted molar refractivity (Wildman–Crippen MR) is 126 cm³/mol. The largest absolute Gasteiger partial charge is 0.493 e. The van der Waals surface area contributed by atoms with Gasteiger partial charge in [-0.3, -0.25) is 4.79 Å². The van der Waals surface area contributed by atoms with E-state index in [1.165, 1.54) is 14.2 Å². The Morgan fingerprint density at radius 2 is 1.64 bits per heavy atom. The summed E-state index contributed by atoms with van der Waals surface area (Å²) in [6, 6.07) is 14.5. The minimum atomic E-state index is -0.220. The van der Waals surface area contributed by atoms with Crippen molar-refractivity contribution in [2.45, 2.75) is 13.5 Å². The standard InChI is InChI=1S/C26H23ClO6/c1-15-20(32-14-17-7-5-6-8-19(17)27)12-10-18-23(28)22(33-24(15)18)13-16-9-11-21(29-2)26(31-4)25(16)30-3/h5-13H,14H2,1-4H3/b22-13-. The lowest BCUT2D eigenvalue weighted by atomic mass is 10.1. The van der Waals surface area contributed by atoms with Crippen LogP contribution in [0.15, 0.2) is 54.3 Å². The summed E-state index contributed by atoms with van der Waals surface area (Å²) in [6.07, 6.45) is 1.63. The van der Waals surface area contributed by atoms with E-state index in [4.69, 9.17) is 35.3 Å². The fourth-order valence-corrected chi connectivity index (χ4v) is 3.86. The van der Waals surface area contributed by atoms with Gasteiger partial charge in [0.15, 0.2) is 17.3 Å². The molecule has 0 radical (unpaired) electrons. The van der Waals surface area contributed by atoms with E-state index in [1.54, 1.807) is 37.5 Å². The number of fused-ring (bicyclic) bond motifs is 1. The summed E-state index contributed by atoms with van der Waals surface area (Å²) in [7, 11) is 4.60. The number of allylic oxidation sites excluding steroid dienone is 1. The molecule has 0 saturated heterocycles. The number of ether oxygens (including phenoxy) is 5. The Bertz CT molecular complexity index is 1250. The van der Waals surface area contributed by atoms with Gasteiger partial charge in [0.05, 0.1) is 26.9 Å². The predicted octanol–water partition coefficient (Wildman–Crippen LogP) is 5.87. The zero-order chi connectivity index (χ0) is 23.5. The summed E-state index contributed by atoms with van der Waals surface area (Å²) in [4.78, 5) is 13.0. The average Bonchev–Trinajstić information content (AvgIpc) is 3.15. The maximum Gasteiger partial charge on any atom is 0.231 e. The molecule has 0 bridgehead atoms. The summed E-state index contributed by atoms with van der Waals surface area (Å²) in [5.41, 5.74) is 2.70. The van der Waals surface area contributed by atoms with Gasteiger partial charge in [0.1, 0.15) is 18.1 Å². The summed E-state index contributed by atoms with van der Waals surface area (Å²) in [5, 5.41) is 0.636. The molecule has 7 heteroatoms. The number of ketones is 1. The molecule has 6 nitrogen and oxygen atoms in total. The van der Waals surface area contributed by atoms with Crippen LogP contribution in [0.25, 0.3) is 6.08 Å². The molecule has 0 aliphatic carbocycles. The fraction of sp³-hybridized carbons (Fsp3) is 0.192. The number of hydrogen-bond acceptors (Lipinski definition) is 6. The number of carbonyl (C=O) groups excluding carboxylic acids is 1. The summed E-state index contributed by atoms with van der Waals surface area (Å²) in [5.74, 6) is 2.45. The quantitative estimate of drug-likeness (QED) is 0.406. The van der Waals surface area contributed by atoms with Crippen LogP contribution in [0.5, 0.6) is 28.7 Å². The van der Waals surface area contributed by atoms with Gasteiger partial charge in [-0.1, -0.05) is 29.8 Å². The Kier molecular flexibility index (Phi) is 6.47. The topological polar surface area (TPSA) is 63.2 Å². The molecule has 3 aromatic carbocycles. The van der Waals surface area contributed by atoms with Crippen molar-refractivity contribution in [1.82, 2.24) is 0 Å². The molecular weight excluding hydrogens is 444 g/mol. The van der Waals surface area contributed by atoms with Crippen molar-refractivity contribution in [3.63, 3.8) is 0 Å². The second-order valence-electron chi connectivity index (χ2n) is 7.31. The molecule has 0 saturated carbocycles. The van der Waals surface area contributed by atoms with Gasteiger partial charge in [-0.15, -0.1) is 0 Å². The van der Waals surface area contributed by atoms with Gasteiger partial charge < -0.3 is 23.7 Å². The van der Waals surface area contributed by atoms with E-state index in [1.807, 2.05) is 31.2 Å². The SMILES string of the molecule is COc1ccc(/C=C2\Oc3c(ccc(OCc4ccccc4Cl)c3C)C2=O)c(OC)c1OC. The van der Waals surface area contributed by atoms with Crippen LogP contribution in [0.4, 0.5) is 0 Å². The fourth-order valence-electron chi connectivity index (χ4n) is 3.67. The van der Waals surface area contributed by atoms with Crippen molar-refractivity contribution in [2.24, 2.45) is 0 Å². The van der Waals surface area contributed by atoms with E-state index in [2.05, 4.69) is 0 Å². The normalized spacial score (nSPS) is 13.5. The zero-order valence-electron chi connectivity index (χ0n) is 18.7. The van der Waals surface area contributed by atoms with Crippen molar-refractivity contribution < 1.29 is 28.5 Å². The second kappa shape index (κ2) is 9.46. The van der Waals surface area contributed by atoms with Gasteiger partial charge in [-0.05, 0) is 43.3 Å². The van der Waals surface area contributed by atoms with Gasteiger partial charge in [-0.2, -0.15) is 0 Å². The number of rotatable bonds is 7. The van der Waals surface area contributed by atoms with E-state index >= 15 is 0 Å². The van der Waals surface area contributed by atoms with Crippen LogP contribution in [0.2, 0.25) is 5.02 Å². The molecular formula is C26H23ClO6. The second-order valence-corrected chi connectivity index (χ2v) is 7.72. The highest BCUT2D eigenvalue weighted by Crippen LogP contribution is 2.43. The smallest absolute Gasteiger partial charge is 0.231 e. The van der Waals surface area contributed by atoms with Crippen LogP contribution in [0.3, 0.4) is 0 Å². The van der Waals surface area contributed by atoms with Crippen LogP contribution < -0.4 is 23.7 Å². The van der Waals surface area contributed by atoms with Crippen molar-refractivity contribution >= 4 is 23.5 Å². The Morgan fingerprint density at radius 3 is 2.33 bits per heavy atom. The summed E-state index contributed by atoms with van der Waals surface area (Å²) < 4.78 is 28.2. The van der Waals surface area contributed by atoms with Crippen molar-refractivity contribution in [3.05, 3.63) is 81.6 Å².